The zero-order valence-electron chi connectivity index (χ0n) is 11.6. The van der Waals surface area contributed by atoms with Crippen molar-refractivity contribution in [1.29, 1.82) is 0 Å². The first-order chi connectivity index (χ1) is 9.90. The van der Waals surface area contributed by atoms with Crippen molar-refractivity contribution in [2.45, 2.75) is 19.8 Å². The Kier molecular flexibility index (Phi) is 4.63. The van der Waals surface area contributed by atoms with Gasteiger partial charge in [-0.3, -0.25) is 9.59 Å². The van der Waals surface area contributed by atoms with Gasteiger partial charge < -0.3 is 10.8 Å². The molecule has 0 heterocycles. The highest BCUT2D eigenvalue weighted by Gasteiger charge is 2.26. The summed E-state index contributed by atoms with van der Waals surface area (Å²) in [5.74, 6) is -1.10. The number of Topliss-reactive ketones (excluding diaryl/α,β-unsaturated/α-hetero) is 1. The number of halogens is 1. The number of aliphatic carboxylic acids is 1. The minimum Gasteiger partial charge on any atom is -0.481 e. The van der Waals surface area contributed by atoms with Crippen LogP contribution in [0.4, 0.5) is 0 Å². The van der Waals surface area contributed by atoms with Crippen LogP contribution in [-0.4, -0.2) is 16.9 Å². The van der Waals surface area contributed by atoms with Crippen LogP contribution in [0.2, 0.25) is 0 Å². The molecule has 0 amide bonds. The van der Waals surface area contributed by atoms with E-state index in [0.717, 1.165) is 4.47 Å². The first-order valence-electron chi connectivity index (χ1n) is 6.61. The molecule has 3 N–H and O–H groups in total. The first-order valence-corrected chi connectivity index (χ1v) is 7.40. The number of hydrogen-bond donors (Lipinski definition) is 2. The third-order valence-electron chi connectivity index (χ3n) is 3.54. The van der Waals surface area contributed by atoms with Gasteiger partial charge in [-0.15, -0.1) is 0 Å². The number of hydrogen-bond acceptors (Lipinski definition) is 3. The lowest BCUT2D eigenvalue weighted by Crippen LogP contribution is -2.22. The predicted octanol–water partition coefficient (Wildman–Crippen LogP) is 3.29. The van der Waals surface area contributed by atoms with E-state index in [-0.39, 0.29) is 18.1 Å². The van der Waals surface area contributed by atoms with E-state index in [9.17, 15) is 9.59 Å². The molecular formula is C16H16BrNO3. The van der Waals surface area contributed by atoms with Crippen LogP contribution in [0.3, 0.4) is 0 Å². The van der Waals surface area contributed by atoms with Crippen molar-refractivity contribution in [3.05, 3.63) is 57.2 Å². The van der Waals surface area contributed by atoms with Gasteiger partial charge in [0.05, 0.1) is 6.42 Å². The van der Waals surface area contributed by atoms with Gasteiger partial charge in [0.2, 0.25) is 0 Å². The Morgan fingerprint density at radius 3 is 2.52 bits per heavy atom. The topological polar surface area (TPSA) is 80.4 Å². The lowest BCUT2D eigenvalue weighted by molar-refractivity contribution is -0.136. The van der Waals surface area contributed by atoms with Crippen molar-refractivity contribution in [2.75, 3.05) is 0 Å². The summed E-state index contributed by atoms with van der Waals surface area (Å²) < 4.78 is 0.893. The van der Waals surface area contributed by atoms with Crippen molar-refractivity contribution in [2.24, 2.45) is 11.7 Å². The van der Waals surface area contributed by atoms with Crippen LogP contribution >= 0.6 is 15.9 Å². The van der Waals surface area contributed by atoms with E-state index in [1.807, 2.05) is 13.0 Å². The summed E-state index contributed by atoms with van der Waals surface area (Å²) in [7, 11) is 0. The maximum Gasteiger partial charge on any atom is 0.307 e. The van der Waals surface area contributed by atoms with E-state index >= 15 is 0 Å². The molecule has 1 aromatic carbocycles. The molecule has 0 saturated carbocycles. The van der Waals surface area contributed by atoms with Gasteiger partial charge in [0.15, 0.2) is 5.78 Å². The zero-order valence-corrected chi connectivity index (χ0v) is 13.2. The molecule has 0 spiro atoms. The predicted molar refractivity (Wildman–Crippen MR) is 83.8 cm³/mol. The lowest BCUT2D eigenvalue weighted by Gasteiger charge is -2.23. The van der Waals surface area contributed by atoms with Crippen molar-refractivity contribution in [3.63, 3.8) is 0 Å². The normalized spacial score (nSPS) is 18.4. The molecule has 1 aliphatic rings. The average molecular weight is 350 g/mol. The summed E-state index contributed by atoms with van der Waals surface area (Å²) in [4.78, 5) is 23.5. The number of nitrogens with two attached hydrogens (primary N) is 1. The average Bonchev–Trinajstić information content (AvgIpc) is 2.42. The van der Waals surface area contributed by atoms with Crippen LogP contribution < -0.4 is 5.73 Å². The largest absolute Gasteiger partial charge is 0.481 e. The number of benzene rings is 1. The molecule has 0 aromatic heterocycles. The second-order valence-corrected chi connectivity index (χ2v) is 6.02. The summed E-state index contributed by atoms with van der Waals surface area (Å²) in [5.41, 5.74) is 7.95. The smallest absolute Gasteiger partial charge is 0.307 e. The van der Waals surface area contributed by atoms with Crippen molar-refractivity contribution in [3.8, 4) is 0 Å². The first kappa shape index (κ1) is 15.5. The summed E-state index contributed by atoms with van der Waals surface area (Å²) in [6.07, 6.45) is 2.28. The van der Waals surface area contributed by atoms with E-state index in [2.05, 4.69) is 15.9 Å². The highest BCUT2D eigenvalue weighted by Crippen LogP contribution is 2.31. The standard InChI is InChI=1S/C16H16BrNO3/c1-9-2-3-11(8-13(19)20)15(18)14(9)16(21)10-4-6-12(17)7-5-10/h3-7,9H,2,8,18H2,1H3,(H,19,20). The summed E-state index contributed by atoms with van der Waals surface area (Å²) in [6, 6.07) is 7.06. The Labute approximate surface area is 131 Å². The Morgan fingerprint density at radius 1 is 1.33 bits per heavy atom. The number of ketones is 1. The fraction of sp³-hybridized carbons (Fsp3) is 0.250. The number of carboxylic acids is 1. The van der Waals surface area contributed by atoms with E-state index in [4.69, 9.17) is 10.8 Å². The molecule has 110 valence electrons. The number of carboxylic acid groups (broad SMARTS) is 1. The van der Waals surface area contributed by atoms with Crippen LogP contribution in [0.25, 0.3) is 0 Å². The molecule has 21 heavy (non-hydrogen) atoms. The maximum atomic E-state index is 12.6. The monoisotopic (exact) mass is 349 g/mol. The number of allylic oxidation sites excluding steroid dienone is 3. The van der Waals surface area contributed by atoms with Gasteiger partial charge >= 0.3 is 5.97 Å². The molecule has 1 aromatic rings. The zero-order chi connectivity index (χ0) is 15.6. The molecule has 0 radical (unpaired) electrons. The van der Waals surface area contributed by atoms with Crippen LogP contribution in [-0.2, 0) is 4.79 Å². The molecular weight excluding hydrogens is 334 g/mol. The molecule has 2 rings (SSSR count). The third-order valence-corrected chi connectivity index (χ3v) is 4.07. The number of carbonyl (C=O) groups is 2. The van der Waals surface area contributed by atoms with Gasteiger partial charge in [0.1, 0.15) is 0 Å². The summed E-state index contributed by atoms with van der Waals surface area (Å²) in [5, 5.41) is 8.91. The van der Waals surface area contributed by atoms with E-state index in [0.29, 0.717) is 28.8 Å². The fourth-order valence-corrected chi connectivity index (χ4v) is 2.68. The highest BCUT2D eigenvalue weighted by molar-refractivity contribution is 9.10. The van der Waals surface area contributed by atoms with Crippen LogP contribution in [0, 0.1) is 5.92 Å². The molecule has 0 saturated heterocycles. The molecule has 0 aliphatic heterocycles. The SMILES string of the molecule is CC1CC=C(CC(=O)O)C(N)=C1C(=O)c1ccc(Br)cc1. The van der Waals surface area contributed by atoms with Crippen molar-refractivity contribution < 1.29 is 14.7 Å². The molecule has 1 atom stereocenters. The Balaban J connectivity index is 2.38. The van der Waals surface area contributed by atoms with Gasteiger partial charge in [-0.25, -0.2) is 0 Å². The highest BCUT2D eigenvalue weighted by atomic mass is 79.9. The number of rotatable bonds is 4. The number of carbonyl (C=O) groups excluding carboxylic acids is 1. The minimum absolute atomic E-state index is 0.0151. The minimum atomic E-state index is -0.950. The Hall–Kier alpha value is -1.88. The summed E-state index contributed by atoms with van der Waals surface area (Å²) >= 11 is 3.33. The lowest BCUT2D eigenvalue weighted by atomic mass is 9.82. The van der Waals surface area contributed by atoms with E-state index in [1.165, 1.54) is 0 Å². The van der Waals surface area contributed by atoms with Gasteiger partial charge in [-0.1, -0.05) is 28.9 Å². The second-order valence-electron chi connectivity index (χ2n) is 5.10. The molecule has 5 heteroatoms. The van der Waals surface area contributed by atoms with Crippen LogP contribution in [0.15, 0.2) is 51.7 Å². The fourth-order valence-electron chi connectivity index (χ4n) is 2.42. The van der Waals surface area contributed by atoms with E-state index < -0.39 is 5.97 Å². The van der Waals surface area contributed by atoms with Crippen LogP contribution in [0.5, 0.6) is 0 Å². The Bertz CT molecular complexity index is 644. The molecule has 0 bridgehead atoms. The van der Waals surface area contributed by atoms with Gasteiger partial charge in [0, 0.05) is 21.3 Å². The maximum absolute atomic E-state index is 12.6. The molecule has 4 nitrogen and oxygen atoms in total. The molecule has 0 fully saturated rings. The molecule has 1 unspecified atom stereocenters. The summed E-state index contributed by atoms with van der Waals surface area (Å²) in [6.45, 7) is 1.92. The quantitative estimate of drug-likeness (QED) is 0.817. The third kappa shape index (κ3) is 3.42. The van der Waals surface area contributed by atoms with Gasteiger partial charge in [-0.2, -0.15) is 0 Å². The van der Waals surface area contributed by atoms with Crippen molar-refractivity contribution >= 4 is 27.7 Å². The Morgan fingerprint density at radius 2 is 1.95 bits per heavy atom. The molecule has 1 aliphatic carbocycles. The van der Waals surface area contributed by atoms with Gasteiger partial charge in [-0.05, 0) is 42.2 Å². The van der Waals surface area contributed by atoms with Gasteiger partial charge in [0.25, 0.3) is 0 Å². The van der Waals surface area contributed by atoms with E-state index in [1.54, 1.807) is 24.3 Å². The van der Waals surface area contributed by atoms with Crippen molar-refractivity contribution in [1.82, 2.24) is 0 Å². The van der Waals surface area contributed by atoms with Crippen LogP contribution in [0.1, 0.15) is 30.1 Å². The second kappa shape index (κ2) is 6.26.